The van der Waals surface area contributed by atoms with Crippen LogP contribution in [0.2, 0.25) is 0 Å². The quantitative estimate of drug-likeness (QED) is 0.208. The Morgan fingerprint density at radius 3 is 2.66 bits per heavy atom. The standard InChI is InChI=1S/C26H31N3O5S/c1-3-5-6-7-14-32-20-11-9-19(10-12-20)29-24(30)16-23(25(29)31)35-26(27-4-2)28-18-8-13-21-22(15-18)34-17-33-21/h8-13,15,23H,3-7,14,16-17H2,1-2H3,(H,27,28). The highest BCUT2D eigenvalue weighted by Crippen LogP contribution is 2.36. The number of hydrogen-bond acceptors (Lipinski definition) is 7. The molecule has 1 atom stereocenters. The van der Waals surface area contributed by atoms with Crippen molar-refractivity contribution in [3.8, 4) is 17.2 Å². The summed E-state index contributed by atoms with van der Waals surface area (Å²) in [7, 11) is 0. The van der Waals surface area contributed by atoms with Gasteiger partial charge in [0.1, 0.15) is 11.0 Å². The summed E-state index contributed by atoms with van der Waals surface area (Å²) in [5.41, 5.74) is 1.33. The fraction of sp³-hybridized carbons (Fsp3) is 0.423. The highest BCUT2D eigenvalue weighted by Gasteiger charge is 2.40. The molecule has 1 unspecified atom stereocenters. The zero-order valence-electron chi connectivity index (χ0n) is 20.1. The molecule has 0 radical (unpaired) electrons. The van der Waals surface area contributed by atoms with Crippen LogP contribution in [0.1, 0.15) is 46.0 Å². The number of nitrogens with one attached hydrogen (secondary N) is 1. The molecule has 9 heteroatoms. The molecule has 0 spiro atoms. The van der Waals surface area contributed by atoms with E-state index < -0.39 is 5.25 Å². The largest absolute Gasteiger partial charge is 0.494 e. The number of hydrogen-bond donors (Lipinski definition) is 1. The lowest BCUT2D eigenvalue weighted by molar-refractivity contribution is -0.121. The first-order valence-corrected chi connectivity index (χ1v) is 12.9. The van der Waals surface area contributed by atoms with E-state index in [1.54, 1.807) is 24.3 Å². The lowest BCUT2D eigenvalue weighted by atomic mass is 10.2. The number of aliphatic imine (C=N–C) groups is 1. The van der Waals surface area contributed by atoms with Gasteiger partial charge >= 0.3 is 0 Å². The van der Waals surface area contributed by atoms with Gasteiger partial charge in [0.25, 0.3) is 0 Å². The van der Waals surface area contributed by atoms with Crippen molar-refractivity contribution < 1.29 is 23.8 Å². The number of amides is 2. The first-order chi connectivity index (χ1) is 17.1. The van der Waals surface area contributed by atoms with Crippen LogP contribution in [-0.4, -0.2) is 42.2 Å². The van der Waals surface area contributed by atoms with Crippen molar-refractivity contribution in [2.45, 2.75) is 51.2 Å². The van der Waals surface area contributed by atoms with E-state index in [0.29, 0.717) is 35.5 Å². The summed E-state index contributed by atoms with van der Waals surface area (Å²) in [4.78, 5) is 31.6. The summed E-state index contributed by atoms with van der Waals surface area (Å²) in [5.74, 6) is 1.62. The number of thioether (sulfide) groups is 1. The first-order valence-electron chi connectivity index (χ1n) is 12.1. The Morgan fingerprint density at radius 1 is 1.09 bits per heavy atom. The molecule has 0 aliphatic carbocycles. The molecule has 8 nitrogen and oxygen atoms in total. The topological polar surface area (TPSA) is 89.5 Å². The normalized spacial score (nSPS) is 17.3. The first kappa shape index (κ1) is 24.9. The second-order valence-corrected chi connectivity index (χ2v) is 9.44. The molecule has 0 saturated carbocycles. The number of amidine groups is 1. The monoisotopic (exact) mass is 497 g/mol. The summed E-state index contributed by atoms with van der Waals surface area (Å²) in [6, 6.07) is 12.6. The number of unbranched alkanes of at least 4 members (excludes halogenated alkanes) is 3. The number of fused-ring (bicyclic) bond motifs is 1. The van der Waals surface area contributed by atoms with Gasteiger partial charge in [0.15, 0.2) is 16.7 Å². The fourth-order valence-corrected chi connectivity index (χ4v) is 4.94. The summed E-state index contributed by atoms with van der Waals surface area (Å²) in [5, 5.41) is 3.27. The number of carbonyl (C=O) groups excluding carboxylic acids is 2. The van der Waals surface area contributed by atoms with Gasteiger partial charge in [0, 0.05) is 24.7 Å². The molecule has 1 saturated heterocycles. The van der Waals surface area contributed by atoms with Gasteiger partial charge in [0.2, 0.25) is 18.6 Å². The third-order valence-electron chi connectivity index (χ3n) is 5.65. The van der Waals surface area contributed by atoms with E-state index in [9.17, 15) is 9.59 Å². The van der Waals surface area contributed by atoms with Gasteiger partial charge in [-0.3, -0.25) is 14.6 Å². The Morgan fingerprint density at radius 2 is 1.89 bits per heavy atom. The second-order valence-electron chi connectivity index (χ2n) is 8.25. The van der Waals surface area contributed by atoms with E-state index in [4.69, 9.17) is 14.2 Å². The van der Waals surface area contributed by atoms with E-state index in [1.807, 2.05) is 25.1 Å². The molecule has 2 aliphatic heterocycles. The van der Waals surface area contributed by atoms with Crippen LogP contribution >= 0.6 is 11.8 Å². The maximum absolute atomic E-state index is 13.2. The van der Waals surface area contributed by atoms with E-state index >= 15 is 0 Å². The predicted molar refractivity (Wildman–Crippen MR) is 139 cm³/mol. The van der Waals surface area contributed by atoms with Crippen molar-refractivity contribution in [3.05, 3.63) is 42.5 Å². The molecule has 1 N–H and O–H groups in total. The van der Waals surface area contributed by atoms with E-state index in [0.717, 1.165) is 24.3 Å². The van der Waals surface area contributed by atoms with Crippen molar-refractivity contribution in [1.29, 1.82) is 0 Å². The molecule has 35 heavy (non-hydrogen) atoms. The van der Waals surface area contributed by atoms with Crippen LogP contribution in [0.25, 0.3) is 0 Å². The molecule has 4 rings (SSSR count). The number of anilines is 2. The molecule has 2 aromatic carbocycles. The van der Waals surface area contributed by atoms with Crippen molar-refractivity contribution in [2.75, 3.05) is 30.2 Å². The molecule has 2 amide bonds. The van der Waals surface area contributed by atoms with Crippen molar-refractivity contribution in [1.82, 2.24) is 0 Å². The van der Waals surface area contributed by atoms with Crippen molar-refractivity contribution in [2.24, 2.45) is 4.99 Å². The molecular weight excluding hydrogens is 466 g/mol. The molecule has 2 aliphatic rings. The van der Waals surface area contributed by atoms with Gasteiger partial charge in [-0.2, -0.15) is 0 Å². The van der Waals surface area contributed by atoms with Crippen LogP contribution in [-0.2, 0) is 9.59 Å². The minimum absolute atomic E-state index is 0.116. The van der Waals surface area contributed by atoms with Gasteiger partial charge in [-0.15, -0.1) is 0 Å². The number of ether oxygens (including phenoxy) is 3. The lowest BCUT2D eigenvalue weighted by Gasteiger charge is -2.16. The molecular formula is C26H31N3O5S. The third-order valence-corrected chi connectivity index (χ3v) is 6.75. The fourth-order valence-electron chi connectivity index (χ4n) is 3.86. The van der Waals surface area contributed by atoms with Crippen LogP contribution in [0, 0.1) is 0 Å². The van der Waals surface area contributed by atoms with Gasteiger partial charge in [-0.25, -0.2) is 4.90 Å². The lowest BCUT2D eigenvalue weighted by Crippen LogP contribution is -2.31. The van der Waals surface area contributed by atoms with Crippen molar-refractivity contribution >= 4 is 40.1 Å². The Bertz CT molecular complexity index is 1070. The van der Waals surface area contributed by atoms with Gasteiger partial charge in [0.05, 0.1) is 12.3 Å². The molecule has 2 heterocycles. The van der Waals surface area contributed by atoms with Crippen molar-refractivity contribution in [3.63, 3.8) is 0 Å². The third kappa shape index (κ3) is 6.28. The van der Waals surface area contributed by atoms with Crippen LogP contribution in [0.15, 0.2) is 47.5 Å². The Hall–Kier alpha value is -3.20. The summed E-state index contributed by atoms with van der Waals surface area (Å²) >= 11 is 1.27. The number of benzene rings is 2. The Labute approximate surface area is 210 Å². The van der Waals surface area contributed by atoms with Gasteiger partial charge < -0.3 is 19.5 Å². The van der Waals surface area contributed by atoms with Gasteiger partial charge in [-0.05, 0) is 49.7 Å². The van der Waals surface area contributed by atoms with E-state index in [2.05, 4.69) is 17.2 Å². The average Bonchev–Trinajstić information content (AvgIpc) is 3.43. The van der Waals surface area contributed by atoms with E-state index in [1.165, 1.54) is 29.5 Å². The smallest absolute Gasteiger partial charge is 0.247 e. The minimum atomic E-state index is -0.552. The summed E-state index contributed by atoms with van der Waals surface area (Å²) in [6.07, 6.45) is 4.67. The Kier molecular flexibility index (Phi) is 8.52. The second kappa shape index (κ2) is 12.0. The summed E-state index contributed by atoms with van der Waals surface area (Å²) in [6.45, 7) is 5.50. The van der Waals surface area contributed by atoms with Crippen LogP contribution in [0.3, 0.4) is 0 Å². The highest BCUT2D eigenvalue weighted by molar-refractivity contribution is 8.15. The van der Waals surface area contributed by atoms with Gasteiger partial charge in [-0.1, -0.05) is 37.9 Å². The maximum Gasteiger partial charge on any atom is 0.247 e. The summed E-state index contributed by atoms with van der Waals surface area (Å²) < 4.78 is 16.6. The maximum atomic E-state index is 13.2. The number of carbonyl (C=O) groups is 2. The number of imide groups is 1. The predicted octanol–water partition coefficient (Wildman–Crippen LogP) is 5.23. The Balaban J connectivity index is 1.37. The molecule has 186 valence electrons. The van der Waals surface area contributed by atoms with Crippen LogP contribution in [0.5, 0.6) is 17.2 Å². The minimum Gasteiger partial charge on any atom is -0.494 e. The number of nitrogens with zero attached hydrogens (tertiary/aromatic N) is 2. The molecule has 0 aromatic heterocycles. The SMILES string of the molecule is CCCCCCOc1ccc(N2C(=O)CC(SC(=NCC)Nc3ccc4c(c3)OCO4)C2=O)cc1. The zero-order valence-corrected chi connectivity index (χ0v) is 20.9. The molecule has 2 aromatic rings. The molecule has 0 bridgehead atoms. The van der Waals surface area contributed by atoms with Crippen LogP contribution < -0.4 is 24.4 Å². The molecule has 1 fully saturated rings. The van der Waals surface area contributed by atoms with Crippen LogP contribution in [0.4, 0.5) is 11.4 Å². The zero-order chi connectivity index (χ0) is 24.6. The average molecular weight is 498 g/mol. The van der Waals surface area contributed by atoms with E-state index in [-0.39, 0.29) is 25.0 Å². The highest BCUT2D eigenvalue weighted by atomic mass is 32.2. The number of rotatable bonds is 10.